The zero-order valence-electron chi connectivity index (χ0n) is 12.0. The summed E-state index contributed by atoms with van der Waals surface area (Å²) in [6.07, 6.45) is 19.7. The first-order valence-corrected chi connectivity index (χ1v) is 8.31. The van der Waals surface area contributed by atoms with Crippen molar-refractivity contribution < 1.29 is 0 Å². The van der Waals surface area contributed by atoms with Gasteiger partial charge in [-0.3, -0.25) is 0 Å². The number of allylic oxidation sites excluding steroid dienone is 1. The molecular weight excluding hydrogens is 218 g/mol. The van der Waals surface area contributed by atoms with Crippen LogP contribution in [0.2, 0.25) is 0 Å². The van der Waals surface area contributed by atoms with E-state index in [1.807, 2.05) is 0 Å². The lowest BCUT2D eigenvalue weighted by molar-refractivity contribution is 0.389. The molecule has 0 heterocycles. The molecule has 1 nitrogen and oxygen atoms in total. The van der Waals surface area contributed by atoms with Gasteiger partial charge in [0, 0.05) is 6.54 Å². The van der Waals surface area contributed by atoms with Crippen LogP contribution in [0.3, 0.4) is 0 Å². The van der Waals surface area contributed by atoms with Gasteiger partial charge < -0.3 is 5.73 Å². The van der Waals surface area contributed by atoms with Gasteiger partial charge in [-0.1, -0.05) is 63.0 Å². The summed E-state index contributed by atoms with van der Waals surface area (Å²) in [5.41, 5.74) is 7.62. The normalized spacial score (nSPS) is 25.7. The molecule has 0 atom stereocenters. The third kappa shape index (κ3) is 4.42. The first-order valence-electron chi connectivity index (χ1n) is 8.31. The SMILES string of the molecule is NCC(=CC1CCCCCCC1)C1CCCCC1. The number of hydrogen-bond donors (Lipinski definition) is 1. The van der Waals surface area contributed by atoms with Gasteiger partial charge in [-0.2, -0.15) is 0 Å². The molecule has 0 aromatic rings. The van der Waals surface area contributed by atoms with Crippen LogP contribution < -0.4 is 5.73 Å². The molecule has 2 aliphatic rings. The second-order valence-corrected chi connectivity index (χ2v) is 6.39. The van der Waals surface area contributed by atoms with Crippen molar-refractivity contribution in [2.24, 2.45) is 17.6 Å². The van der Waals surface area contributed by atoms with Gasteiger partial charge in [0.1, 0.15) is 0 Å². The lowest BCUT2D eigenvalue weighted by Gasteiger charge is -2.26. The summed E-state index contributed by atoms with van der Waals surface area (Å²) in [7, 11) is 0. The van der Waals surface area contributed by atoms with Crippen molar-refractivity contribution in [3.63, 3.8) is 0 Å². The highest BCUT2D eigenvalue weighted by molar-refractivity contribution is 5.11. The summed E-state index contributed by atoms with van der Waals surface area (Å²) < 4.78 is 0. The molecule has 18 heavy (non-hydrogen) atoms. The van der Waals surface area contributed by atoms with E-state index in [1.54, 1.807) is 5.57 Å². The molecule has 2 N–H and O–H groups in total. The highest BCUT2D eigenvalue weighted by atomic mass is 14.5. The molecule has 2 saturated carbocycles. The van der Waals surface area contributed by atoms with Crippen LogP contribution in [0.1, 0.15) is 77.0 Å². The Labute approximate surface area is 113 Å². The topological polar surface area (TPSA) is 26.0 Å². The van der Waals surface area contributed by atoms with Gasteiger partial charge in [0.25, 0.3) is 0 Å². The van der Waals surface area contributed by atoms with Crippen LogP contribution in [-0.2, 0) is 0 Å². The molecule has 0 spiro atoms. The third-order valence-corrected chi connectivity index (χ3v) is 4.96. The van der Waals surface area contributed by atoms with Crippen molar-refractivity contribution in [3.8, 4) is 0 Å². The largest absolute Gasteiger partial charge is 0.327 e. The fourth-order valence-electron chi connectivity index (χ4n) is 3.80. The van der Waals surface area contributed by atoms with E-state index in [9.17, 15) is 0 Å². The van der Waals surface area contributed by atoms with Crippen molar-refractivity contribution in [1.29, 1.82) is 0 Å². The summed E-state index contributed by atoms with van der Waals surface area (Å²) in [6.45, 7) is 0.807. The lowest BCUT2D eigenvalue weighted by Crippen LogP contribution is -2.17. The Bertz CT molecular complexity index is 242. The molecular formula is C17H31N. The van der Waals surface area contributed by atoms with Crippen LogP contribution >= 0.6 is 0 Å². The van der Waals surface area contributed by atoms with Crippen LogP contribution in [0.25, 0.3) is 0 Å². The Morgan fingerprint density at radius 3 is 1.89 bits per heavy atom. The summed E-state index contributed by atoms with van der Waals surface area (Å²) in [5.74, 6) is 1.67. The van der Waals surface area contributed by atoms with Gasteiger partial charge in [0.05, 0.1) is 0 Å². The van der Waals surface area contributed by atoms with E-state index in [4.69, 9.17) is 5.73 Å². The summed E-state index contributed by atoms with van der Waals surface area (Å²) in [6, 6.07) is 0. The quantitative estimate of drug-likeness (QED) is 0.713. The maximum absolute atomic E-state index is 6.02. The van der Waals surface area contributed by atoms with Crippen LogP contribution in [0, 0.1) is 11.8 Å². The van der Waals surface area contributed by atoms with Crippen LogP contribution in [0.5, 0.6) is 0 Å². The van der Waals surface area contributed by atoms with Crippen molar-refractivity contribution in [2.45, 2.75) is 77.0 Å². The maximum Gasteiger partial charge on any atom is 0.0139 e. The number of hydrogen-bond acceptors (Lipinski definition) is 1. The molecule has 0 saturated heterocycles. The van der Waals surface area contributed by atoms with Crippen LogP contribution in [-0.4, -0.2) is 6.54 Å². The van der Waals surface area contributed by atoms with Crippen molar-refractivity contribution in [2.75, 3.05) is 6.54 Å². The highest BCUT2D eigenvalue weighted by Gasteiger charge is 2.18. The van der Waals surface area contributed by atoms with E-state index in [0.29, 0.717) is 0 Å². The Kier molecular flexibility index (Phi) is 6.26. The van der Waals surface area contributed by atoms with Gasteiger partial charge >= 0.3 is 0 Å². The molecule has 0 radical (unpaired) electrons. The molecule has 0 unspecified atom stereocenters. The fourth-order valence-corrected chi connectivity index (χ4v) is 3.80. The predicted octanol–water partition coefficient (Wildman–Crippen LogP) is 4.81. The second-order valence-electron chi connectivity index (χ2n) is 6.39. The van der Waals surface area contributed by atoms with Gasteiger partial charge in [-0.15, -0.1) is 0 Å². The van der Waals surface area contributed by atoms with E-state index < -0.39 is 0 Å². The number of nitrogens with two attached hydrogens (primary N) is 1. The van der Waals surface area contributed by atoms with Crippen LogP contribution in [0.4, 0.5) is 0 Å². The molecule has 2 fully saturated rings. The molecule has 104 valence electrons. The Balaban J connectivity index is 1.92. The Hall–Kier alpha value is -0.300. The van der Waals surface area contributed by atoms with E-state index in [2.05, 4.69) is 6.08 Å². The van der Waals surface area contributed by atoms with Crippen molar-refractivity contribution in [3.05, 3.63) is 11.6 Å². The standard InChI is InChI=1S/C17H31N/c18-14-17(16-11-7-4-8-12-16)13-15-9-5-2-1-3-6-10-15/h13,15-16H,1-12,14,18H2. The molecule has 2 aliphatic carbocycles. The summed E-state index contributed by atoms with van der Waals surface area (Å²) in [4.78, 5) is 0. The lowest BCUT2D eigenvalue weighted by atomic mass is 9.81. The Morgan fingerprint density at radius 1 is 0.778 bits per heavy atom. The minimum atomic E-state index is 0.807. The third-order valence-electron chi connectivity index (χ3n) is 4.96. The molecule has 0 amide bonds. The Morgan fingerprint density at radius 2 is 1.28 bits per heavy atom. The molecule has 0 aromatic carbocycles. The molecule has 0 aliphatic heterocycles. The number of rotatable bonds is 3. The van der Waals surface area contributed by atoms with E-state index in [-0.39, 0.29) is 0 Å². The van der Waals surface area contributed by atoms with E-state index in [0.717, 1.165) is 18.4 Å². The van der Waals surface area contributed by atoms with Crippen LogP contribution in [0.15, 0.2) is 11.6 Å². The average Bonchev–Trinajstić information content (AvgIpc) is 2.39. The fraction of sp³-hybridized carbons (Fsp3) is 0.882. The van der Waals surface area contributed by atoms with Crippen molar-refractivity contribution >= 4 is 0 Å². The average molecular weight is 249 g/mol. The summed E-state index contributed by atoms with van der Waals surface area (Å²) in [5, 5.41) is 0. The first-order chi connectivity index (χ1) is 8.90. The minimum Gasteiger partial charge on any atom is -0.327 e. The van der Waals surface area contributed by atoms with Gasteiger partial charge in [-0.05, 0) is 37.5 Å². The van der Waals surface area contributed by atoms with E-state index >= 15 is 0 Å². The predicted molar refractivity (Wildman–Crippen MR) is 79.5 cm³/mol. The van der Waals surface area contributed by atoms with Gasteiger partial charge in [0.2, 0.25) is 0 Å². The smallest absolute Gasteiger partial charge is 0.0139 e. The first kappa shape index (κ1) is 14.1. The van der Waals surface area contributed by atoms with Crippen molar-refractivity contribution in [1.82, 2.24) is 0 Å². The molecule has 0 aromatic heterocycles. The van der Waals surface area contributed by atoms with Gasteiger partial charge in [-0.25, -0.2) is 0 Å². The van der Waals surface area contributed by atoms with E-state index in [1.165, 1.54) is 77.0 Å². The molecule has 1 heteroatoms. The second kappa shape index (κ2) is 7.99. The molecule has 2 rings (SSSR count). The van der Waals surface area contributed by atoms with Gasteiger partial charge in [0.15, 0.2) is 0 Å². The summed E-state index contributed by atoms with van der Waals surface area (Å²) >= 11 is 0. The molecule has 0 bridgehead atoms. The zero-order chi connectivity index (χ0) is 12.6. The maximum atomic E-state index is 6.02. The highest BCUT2D eigenvalue weighted by Crippen LogP contribution is 2.32. The minimum absolute atomic E-state index is 0.807. The zero-order valence-corrected chi connectivity index (χ0v) is 12.0. The monoisotopic (exact) mass is 249 g/mol.